The van der Waals surface area contributed by atoms with Gasteiger partial charge in [0.1, 0.15) is 0 Å². The van der Waals surface area contributed by atoms with Crippen molar-refractivity contribution in [3.8, 4) is 0 Å². The van der Waals surface area contributed by atoms with E-state index in [0.717, 1.165) is 0 Å². The van der Waals surface area contributed by atoms with Crippen LogP contribution in [0.25, 0.3) is 5.53 Å². The minimum Gasteiger partial charge on any atom is -0.362 e. The summed E-state index contributed by atoms with van der Waals surface area (Å²) in [7, 11) is 0. The Kier molecular flexibility index (Phi) is 4.52. The number of alkyl halides is 3. The number of hydrogen-bond donors (Lipinski definition) is 0. The number of hydrogen-bond acceptors (Lipinski definition) is 0. The lowest BCUT2D eigenvalue weighted by atomic mass is 10.7. The largest absolute Gasteiger partial charge is 0.487 e. The minimum atomic E-state index is -4.49. The molecule has 0 rings (SSSR count). The third-order valence-electron chi connectivity index (χ3n) is 0.204. The van der Waals surface area contributed by atoms with Crippen molar-refractivity contribution in [1.82, 2.24) is 0 Å². The van der Waals surface area contributed by atoms with Gasteiger partial charge in [-0.25, -0.2) is 0 Å². The van der Waals surface area contributed by atoms with E-state index < -0.39 is 12.4 Å². The minimum absolute atomic E-state index is 0. The summed E-state index contributed by atoms with van der Waals surface area (Å²) < 4.78 is 32.2. The molecule has 0 atom stereocenters. The van der Waals surface area contributed by atoms with Crippen molar-refractivity contribution in [2.45, 2.75) is 6.18 Å². The van der Waals surface area contributed by atoms with Crippen molar-refractivity contribution in [3.05, 3.63) is 5.53 Å². The number of halogens is 4. The summed E-state index contributed by atoms with van der Waals surface area (Å²) in [5.41, 5.74) is 7.25. The van der Waals surface area contributed by atoms with E-state index in [0.29, 0.717) is 0 Å². The molecule has 0 amide bonds. The highest BCUT2D eigenvalue weighted by Gasteiger charge is 2.30. The molecule has 0 radical (unpaired) electrons. The lowest BCUT2D eigenvalue weighted by Crippen LogP contribution is -2.08. The normalized spacial score (nSPS) is 8.88. The van der Waals surface area contributed by atoms with Gasteiger partial charge in [-0.05, 0) is 0 Å². The molecule has 0 saturated carbocycles. The molecule has 2 nitrogen and oxygen atoms in total. The fourth-order valence-corrected chi connectivity index (χ4v) is 0.0655. The van der Waals surface area contributed by atoms with Crippen LogP contribution in [0.2, 0.25) is 0 Å². The van der Waals surface area contributed by atoms with Gasteiger partial charge in [-0.3, -0.25) is 0 Å². The summed E-state index contributed by atoms with van der Waals surface area (Å²) in [5, 5.41) is 0. The molecule has 0 aromatic rings. The van der Waals surface area contributed by atoms with Gasteiger partial charge in [0.05, 0.1) is 0 Å². The summed E-state index contributed by atoms with van der Waals surface area (Å²) in [6.07, 6.45) is -5.00. The molecular formula is C2H2ClF3N2. The molecule has 0 unspecified atom stereocenters. The van der Waals surface area contributed by atoms with E-state index >= 15 is 0 Å². The van der Waals surface area contributed by atoms with Crippen molar-refractivity contribution in [3.63, 3.8) is 0 Å². The molecule has 0 aliphatic rings. The summed E-state index contributed by atoms with van der Waals surface area (Å²) in [6, 6.07) is 0. The van der Waals surface area contributed by atoms with Gasteiger partial charge in [-0.2, -0.15) is 18.0 Å². The van der Waals surface area contributed by atoms with Gasteiger partial charge in [0, 0.05) is 0 Å². The Hall–Kier alpha value is -0.540. The maximum Gasteiger partial charge on any atom is 0.487 e. The molecule has 0 aromatic carbocycles. The molecule has 0 heterocycles. The van der Waals surface area contributed by atoms with Gasteiger partial charge >= 0.3 is 12.4 Å². The zero-order chi connectivity index (χ0) is 5.91. The lowest BCUT2D eigenvalue weighted by Gasteiger charge is -1.84. The van der Waals surface area contributed by atoms with Crippen molar-refractivity contribution in [2.75, 3.05) is 0 Å². The summed E-state index contributed by atoms with van der Waals surface area (Å²) in [5.74, 6) is 0. The van der Waals surface area contributed by atoms with E-state index in [-0.39, 0.29) is 12.4 Å². The predicted octanol–water partition coefficient (Wildman–Crippen LogP) is 1.27. The molecule has 48 valence electrons. The van der Waals surface area contributed by atoms with Crippen molar-refractivity contribution in [2.24, 2.45) is 0 Å². The van der Waals surface area contributed by atoms with E-state index in [2.05, 4.69) is 0 Å². The van der Waals surface area contributed by atoms with Gasteiger partial charge in [0.15, 0.2) is 0 Å². The van der Waals surface area contributed by atoms with Crippen LogP contribution in [0.3, 0.4) is 0 Å². The first-order valence-electron chi connectivity index (χ1n) is 1.31. The average Bonchev–Trinajstić information content (AvgIpc) is 1.30. The SMILES string of the molecule is Cl.[N-]=[N+]=CC(F)(F)F. The van der Waals surface area contributed by atoms with Gasteiger partial charge in [-0.1, -0.05) is 0 Å². The highest BCUT2D eigenvalue weighted by molar-refractivity contribution is 5.85. The topological polar surface area (TPSA) is 36.4 Å². The van der Waals surface area contributed by atoms with Crippen LogP contribution in [0.5, 0.6) is 0 Å². The molecule has 0 spiro atoms. The monoisotopic (exact) mass is 146 g/mol. The molecule has 0 saturated heterocycles. The van der Waals surface area contributed by atoms with Crippen LogP contribution in [0, 0.1) is 0 Å². The number of rotatable bonds is 0. The second-order valence-electron chi connectivity index (χ2n) is 0.786. The smallest absolute Gasteiger partial charge is 0.362 e. The van der Waals surface area contributed by atoms with Crippen LogP contribution in [-0.2, 0) is 0 Å². The Morgan fingerprint density at radius 2 is 1.75 bits per heavy atom. The van der Waals surface area contributed by atoms with Crippen LogP contribution < -0.4 is 0 Å². The fourth-order valence-electron chi connectivity index (χ4n) is 0.0655. The van der Waals surface area contributed by atoms with Gasteiger partial charge in [-0.15, -0.1) is 12.4 Å². The Bertz CT molecular complexity index is 102. The van der Waals surface area contributed by atoms with Gasteiger partial charge in [0.2, 0.25) is 0 Å². The van der Waals surface area contributed by atoms with Crippen LogP contribution in [0.4, 0.5) is 13.2 Å². The Labute approximate surface area is 49.3 Å². The van der Waals surface area contributed by atoms with Crippen molar-refractivity contribution < 1.29 is 18.0 Å². The zero-order valence-electron chi connectivity index (χ0n) is 3.51. The standard InChI is InChI=1S/C2HF3N2.ClH/c3-2(4,5)1-7-6;/h1H;1H. The van der Waals surface area contributed by atoms with E-state index in [1.54, 1.807) is 4.79 Å². The van der Waals surface area contributed by atoms with E-state index in [4.69, 9.17) is 5.53 Å². The van der Waals surface area contributed by atoms with Crippen LogP contribution in [-0.4, -0.2) is 17.2 Å². The highest BCUT2D eigenvalue weighted by atomic mass is 35.5. The Morgan fingerprint density at radius 1 is 1.38 bits per heavy atom. The van der Waals surface area contributed by atoms with Crippen LogP contribution >= 0.6 is 12.4 Å². The maximum atomic E-state index is 10.7. The molecule has 0 aliphatic carbocycles. The Morgan fingerprint density at radius 3 is 1.75 bits per heavy atom. The van der Waals surface area contributed by atoms with Gasteiger partial charge in [0.25, 0.3) is 0 Å². The first kappa shape index (κ1) is 10.4. The molecule has 0 fully saturated rings. The second kappa shape index (κ2) is 3.46. The van der Waals surface area contributed by atoms with E-state index in [9.17, 15) is 13.2 Å². The van der Waals surface area contributed by atoms with Crippen molar-refractivity contribution in [1.29, 1.82) is 0 Å². The molecule has 0 N–H and O–H groups in total. The number of nitrogens with zero attached hydrogens (tertiary/aromatic N) is 2. The molecule has 6 heteroatoms. The maximum absolute atomic E-state index is 10.7. The first-order chi connectivity index (χ1) is 3.06. The van der Waals surface area contributed by atoms with E-state index in [1.165, 1.54) is 0 Å². The zero-order valence-corrected chi connectivity index (χ0v) is 4.33. The Balaban J connectivity index is 0. The average molecular weight is 146 g/mol. The molecule has 0 bridgehead atoms. The lowest BCUT2D eigenvalue weighted by molar-refractivity contribution is -0.102. The van der Waals surface area contributed by atoms with Crippen molar-refractivity contribution >= 4 is 18.6 Å². The highest BCUT2D eigenvalue weighted by Crippen LogP contribution is 2.08. The van der Waals surface area contributed by atoms with Crippen LogP contribution in [0.15, 0.2) is 0 Å². The molecule has 0 aromatic heterocycles. The molecule has 0 aliphatic heterocycles. The van der Waals surface area contributed by atoms with Gasteiger partial charge < -0.3 is 5.53 Å². The third kappa shape index (κ3) is 9.07. The second-order valence-corrected chi connectivity index (χ2v) is 0.786. The summed E-state index contributed by atoms with van der Waals surface area (Å²) in [6.45, 7) is 0. The summed E-state index contributed by atoms with van der Waals surface area (Å²) in [4.78, 5) is 1.76. The molecule has 8 heavy (non-hydrogen) atoms. The van der Waals surface area contributed by atoms with Crippen LogP contribution in [0.1, 0.15) is 0 Å². The quantitative estimate of drug-likeness (QED) is 0.280. The summed E-state index contributed by atoms with van der Waals surface area (Å²) >= 11 is 0. The van der Waals surface area contributed by atoms with E-state index in [1.807, 2.05) is 0 Å². The molecular weight excluding hydrogens is 144 g/mol. The predicted molar refractivity (Wildman–Crippen MR) is 23.0 cm³/mol. The fraction of sp³-hybridized carbons (Fsp3) is 0.500. The third-order valence-corrected chi connectivity index (χ3v) is 0.204. The first-order valence-corrected chi connectivity index (χ1v) is 1.31.